The molecule has 35 heavy (non-hydrogen) atoms. The summed E-state index contributed by atoms with van der Waals surface area (Å²) in [6.45, 7) is 18.2. The first-order valence-corrected chi connectivity index (χ1v) is 12.2. The third kappa shape index (κ3) is 5.38. The topological polar surface area (TPSA) is 51.2 Å². The van der Waals surface area contributed by atoms with E-state index in [1.54, 1.807) is 11.0 Å². The number of piperazine rings is 1. The van der Waals surface area contributed by atoms with Crippen LogP contribution >= 0.6 is 0 Å². The lowest BCUT2D eigenvalue weighted by Crippen LogP contribution is -2.45. The number of rotatable bonds is 7. The van der Waals surface area contributed by atoms with E-state index in [9.17, 15) is 4.79 Å². The molecule has 0 unspecified atom stereocenters. The molecule has 2 aliphatic heterocycles. The van der Waals surface area contributed by atoms with Gasteiger partial charge in [0.2, 0.25) is 0 Å². The van der Waals surface area contributed by atoms with E-state index in [2.05, 4.69) is 54.0 Å². The van der Waals surface area contributed by atoms with Crippen LogP contribution in [0.2, 0.25) is 0 Å². The number of aliphatic imine (C=N–C) groups is 1. The summed E-state index contributed by atoms with van der Waals surface area (Å²) in [5, 5.41) is 3.30. The predicted molar refractivity (Wildman–Crippen MR) is 147 cm³/mol. The highest BCUT2D eigenvalue weighted by Gasteiger charge is 2.35. The number of carbonyl (C=O) groups is 1. The smallest absolute Gasteiger partial charge is 0.252 e. The molecule has 3 aliphatic rings. The van der Waals surface area contributed by atoms with E-state index in [1.807, 2.05) is 43.4 Å². The third-order valence-electron chi connectivity index (χ3n) is 6.89. The Kier molecular flexibility index (Phi) is 7.51. The first-order valence-electron chi connectivity index (χ1n) is 12.2. The number of anilines is 2. The average molecular weight is 470 g/mol. The van der Waals surface area contributed by atoms with Gasteiger partial charge in [-0.1, -0.05) is 38.0 Å². The quantitative estimate of drug-likeness (QED) is 0.617. The highest BCUT2D eigenvalue weighted by molar-refractivity contribution is 6.16. The lowest BCUT2D eigenvalue weighted by atomic mass is 10.0. The summed E-state index contributed by atoms with van der Waals surface area (Å²) in [5.41, 5.74) is 5.28. The fraction of sp³-hybridized carbons (Fsp3) is 0.310. The van der Waals surface area contributed by atoms with E-state index >= 15 is 0 Å². The minimum atomic E-state index is -0.0718. The molecule has 0 atom stereocenters. The molecule has 1 aliphatic carbocycles. The molecule has 1 N–H and O–H groups in total. The average Bonchev–Trinajstić information content (AvgIpc) is 3.28. The number of hydrogen-bond acceptors (Lipinski definition) is 5. The summed E-state index contributed by atoms with van der Waals surface area (Å²) in [7, 11) is 2.16. The second kappa shape index (κ2) is 10.7. The minimum absolute atomic E-state index is 0.0298. The number of hydrogen-bond donors (Lipinski definition) is 1. The highest BCUT2D eigenvalue weighted by Crippen LogP contribution is 2.34. The third-order valence-corrected chi connectivity index (χ3v) is 6.89. The normalized spacial score (nSPS) is 21.8. The van der Waals surface area contributed by atoms with E-state index < -0.39 is 0 Å². The van der Waals surface area contributed by atoms with Crippen molar-refractivity contribution in [1.82, 2.24) is 9.80 Å². The molecular formula is C29H35N5O. The van der Waals surface area contributed by atoms with Gasteiger partial charge in [0, 0.05) is 55.2 Å². The zero-order valence-electron chi connectivity index (χ0n) is 20.8. The molecular weight excluding hydrogens is 434 g/mol. The monoisotopic (exact) mass is 469 g/mol. The molecule has 6 nitrogen and oxygen atoms in total. The molecule has 1 saturated heterocycles. The second-order valence-corrected chi connectivity index (χ2v) is 9.15. The van der Waals surface area contributed by atoms with Crippen LogP contribution in [0.15, 0.2) is 102 Å². The fourth-order valence-corrected chi connectivity index (χ4v) is 4.85. The zero-order chi connectivity index (χ0) is 24.9. The lowest BCUT2D eigenvalue weighted by Gasteiger charge is -2.34. The maximum absolute atomic E-state index is 13.0. The predicted octanol–water partition coefficient (Wildman–Crippen LogP) is 4.90. The van der Waals surface area contributed by atoms with Gasteiger partial charge in [0.25, 0.3) is 5.91 Å². The van der Waals surface area contributed by atoms with Crippen LogP contribution in [0, 0.1) is 0 Å². The van der Waals surface area contributed by atoms with Crippen LogP contribution in [-0.4, -0.2) is 60.8 Å². The van der Waals surface area contributed by atoms with Gasteiger partial charge in [-0.3, -0.25) is 9.69 Å². The van der Waals surface area contributed by atoms with E-state index in [0.717, 1.165) is 61.4 Å². The summed E-state index contributed by atoms with van der Waals surface area (Å²) >= 11 is 0. The number of carbonyl (C=O) groups excluding carboxylic acids is 1. The summed E-state index contributed by atoms with van der Waals surface area (Å²) in [6.07, 6.45) is 10.6. The molecule has 2 heterocycles. The van der Waals surface area contributed by atoms with Crippen LogP contribution in [0.25, 0.3) is 0 Å². The standard InChI is InChI=1S/C29H35N5O/c1-6-22-9-14-28(35)34(27-19-23(7-2)24(8-3)20-27)29(22)31-21(4)30-25-10-12-26(13-11-25)33-17-15-32(5)16-18-33/h6-14,27,30H,2-4,15-20H2,1,5H3/b22-6-,31-29+. The Morgan fingerprint density at radius 1 is 1.03 bits per heavy atom. The Hall–Kier alpha value is -3.64. The van der Waals surface area contributed by atoms with Gasteiger partial charge in [0.15, 0.2) is 0 Å². The SMILES string of the molecule is C=CC1=C(C=C)CC(N2C(=O)C=CC(=C/C)/C2=N\C(=C)Nc2ccc(N3CCN(C)CC3)cc2)C1. The number of allylic oxidation sites excluding steroid dienone is 3. The van der Waals surface area contributed by atoms with Crippen molar-refractivity contribution in [3.8, 4) is 0 Å². The Labute approximate surface area is 209 Å². The molecule has 0 radical (unpaired) electrons. The second-order valence-electron chi connectivity index (χ2n) is 9.15. The Bertz CT molecular complexity index is 1110. The van der Waals surface area contributed by atoms with Gasteiger partial charge in [0.1, 0.15) is 11.7 Å². The van der Waals surface area contributed by atoms with Crippen LogP contribution < -0.4 is 10.2 Å². The highest BCUT2D eigenvalue weighted by atomic mass is 16.2. The molecule has 1 amide bonds. The molecule has 0 spiro atoms. The van der Waals surface area contributed by atoms with Crippen molar-refractivity contribution in [2.24, 2.45) is 4.99 Å². The first kappa shape index (κ1) is 24.5. The molecule has 0 aromatic heterocycles. The molecule has 6 heteroatoms. The van der Waals surface area contributed by atoms with Crippen molar-refractivity contribution in [3.05, 3.63) is 96.9 Å². The summed E-state index contributed by atoms with van der Waals surface area (Å²) in [4.78, 5) is 24.3. The molecule has 0 saturated carbocycles. The number of amides is 1. The van der Waals surface area contributed by atoms with Crippen molar-refractivity contribution in [3.63, 3.8) is 0 Å². The summed E-state index contributed by atoms with van der Waals surface area (Å²) < 4.78 is 0. The Balaban J connectivity index is 1.51. The Morgan fingerprint density at radius 2 is 1.66 bits per heavy atom. The Morgan fingerprint density at radius 3 is 2.23 bits per heavy atom. The number of nitrogens with zero attached hydrogens (tertiary/aromatic N) is 4. The van der Waals surface area contributed by atoms with E-state index in [-0.39, 0.29) is 11.9 Å². The van der Waals surface area contributed by atoms with Gasteiger partial charge in [-0.15, -0.1) is 0 Å². The number of benzene rings is 1. The van der Waals surface area contributed by atoms with E-state index in [4.69, 9.17) is 4.99 Å². The molecule has 1 fully saturated rings. The van der Waals surface area contributed by atoms with Crippen LogP contribution in [0.4, 0.5) is 11.4 Å². The van der Waals surface area contributed by atoms with Crippen molar-refractivity contribution in [2.75, 3.05) is 43.4 Å². The van der Waals surface area contributed by atoms with Crippen molar-refractivity contribution in [2.45, 2.75) is 25.8 Å². The number of amidine groups is 1. The number of likely N-dealkylation sites (N-methyl/N-ethyl adjacent to an activating group) is 1. The minimum Gasteiger partial charge on any atom is -0.369 e. The molecule has 1 aromatic carbocycles. The molecule has 182 valence electrons. The van der Waals surface area contributed by atoms with Gasteiger partial charge in [0.05, 0.1) is 0 Å². The van der Waals surface area contributed by atoms with Gasteiger partial charge >= 0.3 is 0 Å². The van der Waals surface area contributed by atoms with Gasteiger partial charge < -0.3 is 15.1 Å². The van der Waals surface area contributed by atoms with Crippen LogP contribution in [-0.2, 0) is 4.79 Å². The summed E-state index contributed by atoms with van der Waals surface area (Å²) in [6, 6.07) is 8.32. The molecule has 4 rings (SSSR count). The summed E-state index contributed by atoms with van der Waals surface area (Å²) in [5.74, 6) is 1.03. The van der Waals surface area contributed by atoms with E-state index in [0.29, 0.717) is 11.7 Å². The van der Waals surface area contributed by atoms with Crippen LogP contribution in [0.5, 0.6) is 0 Å². The van der Waals surface area contributed by atoms with Gasteiger partial charge in [-0.25, -0.2) is 4.99 Å². The lowest BCUT2D eigenvalue weighted by molar-refractivity contribution is -0.124. The van der Waals surface area contributed by atoms with Gasteiger partial charge in [-0.2, -0.15) is 0 Å². The largest absolute Gasteiger partial charge is 0.369 e. The molecule has 0 bridgehead atoms. The van der Waals surface area contributed by atoms with Gasteiger partial charge in [-0.05, 0) is 68.3 Å². The van der Waals surface area contributed by atoms with Crippen LogP contribution in [0.1, 0.15) is 19.8 Å². The maximum atomic E-state index is 13.0. The first-order chi connectivity index (χ1) is 16.9. The van der Waals surface area contributed by atoms with Crippen LogP contribution in [0.3, 0.4) is 0 Å². The van der Waals surface area contributed by atoms with E-state index in [1.165, 1.54) is 5.69 Å². The van der Waals surface area contributed by atoms with Crippen molar-refractivity contribution >= 4 is 23.1 Å². The maximum Gasteiger partial charge on any atom is 0.252 e. The molecule has 1 aromatic rings. The van der Waals surface area contributed by atoms with Crippen molar-refractivity contribution in [1.29, 1.82) is 0 Å². The zero-order valence-corrected chi connectivity index (χ0v) is 20.8. The van der Waals surface area contributed by atoms with Crippen molar-refractivity contribution < 1.29 is 4.79 Å². The fourth-order valence-electron chi connectivity index (χ4n) is 4.85. The number of nitrogens with one attached hydrogen (secondary N) is 1.